The van der Waals surface area contributed by atoms with Crippen molar-refractivity contribution >= 4 is 17.5 Å². The fourth-order valence-electron chi connectivity index (χ4n) is 3.18. The van der Waals surface area contributed by atoms with Crippen LogP contribution in [0.3, 0.4) is 0 Å². The second-order valence-corrected chi connectivity index (χ2v) is 8.14. The molecule has 0 atom stereocenters. The molecule has 1 aliphatic rings. The predicted octanol–water partition coefficient (Wildman–Crippen LogP) is 3.36. The maximum atomic E-state index is 14.8. The highest BCUT2D eigenvalue weighted by atomic mass is 35.5. The summed E-state index contributed by atoms with van der Waals surface area (Å²) < 4.78 is 20.6. The largest absolute Gasteiger partial charge is 0.490 e. The molecule has 0 spiro atoms. The van der Waals surface area contributed by atoms with Gasteiger partial charge in [-0.3, -0.25) is 9.69 Å². The first-order valence-corrected chi connectivity index (χ1v) is 10.1. The Bertz CT molecular complexity index is 716. The standard InChI is InChI=1S/C21H31ClFN3O2/c1-14(2)12-16-13-17(22)19(23)18(20(16)28-15(3)4)21(27)24-6-7-26-10-8-25(5)9-11-26/h13,15H,1,6-12H2,2-5H3,(H,24,27). The van der Waals surface area contributed by atoms with Crippen LogP contribution in [0.5, 0.6) is 5.75 Å². The minimum atomic E-state index is -0.750. The number of benzene rings is 1. The van der Waals surface area contributed by atoms with Gasteiger partial charge < -0.3 is 15.0 Å². The molecule has 0 aliphatic carbocycles. The number of hydrogen-bond acceptors (Lipinski definition) is 4. The molecule has 0 aromatic heterocycles. The van der Waals surface area contributed by atoms with Crippen LogP contribution in [0.15, 0.2) is 18.2 Å². The number of nitrogens with one attached hydrogen (secondary N) is 1. The lowest BCUT2D eigenvalue weighted by molar-refractivity contribution is 0.0930. The van der Waals surface area contributed by atoms with E-state index in [9.17, 15) is 9.18 Å². The third-order valence-electron chi connectivity index (χ3n) is 4.63. The van der Waals surface area contributed by atoms with E-state index in [0.717, 1.165) is 38.3 Å². The van der Waals surface area contributed by atoms with E-state index in [0.29, 0.717) is 18.5 Å². The molecule has 2 rings (SSSR count). The second-order valence-electron chi connectivity index (χ2n) is 7.74. The van der Waals surface area contributed by atoms with Crippen LogP contribution in [0.2, 0.25) is 5.02 Å². The molecule has 156 valence electrons. The van der Waals surface area contributed by atoms with Gasteiger partial charge in [-0.2, -0.15) is 0 Å². The van der Waals surface area contributed by atoms with Gasteiger partial charge >= 0.3 is 0 Å². The average molecular weight is 412 g/mol. The highest BCUT2D eigenvalue weighted by molar-refractivity contribution is 6.31. The van der Waals surface area contributed by atoms with Gasteiger partial charge in [0, 0.05) is 44.8 Å². The van der Waals surface area contributed by atoms with Crippen LogP contribution in [-0.4, -0.2) is 68.1 Å². The zero-order valence-electron chi connectivity index (χ0n) is 17.3. The third kappa shape index (κ3) is 6.19. The summed E-state index contributed by atoms with van der Waals surface area (Å²) in [5.74, 6) is -1.01. The Morgan fingerprint density at radius 3 is 2.57 bits per heavy atom. The number of hydrogen-bond donors (Lipinski definition) is 1. The Kier molecular flexibility index (Phi) is 8.28. The molecule has 1 N–H and O–H groups in total. The van der Waals surface area contributed by atoms with Gasteiger partial charge in [-0.15, -0.1) is 0 Å². The van der Waals surface area contributed by atoms with E-state index >= 15 is 0 Å². The molecular weight excluding hydrogens is 381 g/mol. The summed E-state index contributed by atoms with van der Waals surface area (Å²) in [5.41, 5.74) is 1.41. The Hall–Kier alpha value is -1.63. The van der Waals surface area contributed by atoms with E-state index in [1.807, 2.05) is 20.8 Å². The molecule has 0 saturated carbocycles. The van der Waals surface area contributed by atoms with Gasteiger partial charge in [0.05, 0.1) is 11.1 Å². The first-order valence-electron chi connectivity index (χ1n) is 9.70. The van der Waals surface area contributed by atoms with Gasteiger partial charge in [-0.25, -0.2) is 4.39 Å². The van der Waals surface area contributed by atoms with E-state index in [1.54, 1.807) is 0 Å². The van der Waals surface area contributed by atoms with Crippen LogP contribution < -0.4 is 10.1 Å². The molecule has 1 saturated heterocycles. The number of likely N-dealkylation sites (N-methyl/N-ethyl adjacent to an activating group) is 1. The van der Waals surface area contributed by atoms with Crippen LogP contribution in [0.4, 0.5) is 4.39 Å². The van der Waals surface area contributed by atoms with Crippen molar-refractivity contribution in [3.63, 3.8) is 0 Å². The number of nitrogens with zero attached hydrogens (tertiary/aromatic N) is 2. The molecule has 0 bridgehead atoms. The predicted molar refractivity (Wildman–Crippen MR) is 112 cm³/mol. The Balaban J connectivity index is 2.17. The summed E-state index contributed by atoms with van der Waals surface area (Å²) in [4.78, 5) is 17.4. The number of halogens is 2. The van der Waals surface area contributed by atoms with Crippen LogP contribution in [0, 0.1) is 5.82 Å². The number of allylic oxidation sites excluding steroid dienone is 1. The van der Waals surface area contributed by atoms with Crippen molar-refractivity contribution in [3.8, 4) is 5.75 Å². The average Bonchev–Trinajstić information content (AvgIpc) is 2.60. The molecule has 0 radical (unpaired) electrons. The van der Waals surface area contributed by atoms with Crippen molar-refractivity contribution in [2.45, 2.75) is 33.3 Å². The lowest BCUT2D eigenvalue weighted by atomic mass is 10.0. The van der Waals surface area contributed by atoms with Gasteiger partial charge in [0.1, 0.15) is 11.3 Å². The first-order chi connectivity index (χ1) is 13.2. The highest BCUT2D eigenvalue weighted by Crippen LogP contribution is 2.34. The summed E-state index contributed by atoms with van der Waals surface area (Å²) in [5, 5.41) is 2.74. The Labute approximate surface area is 172 Å². The monoisotopic (exact) mass is 411 g/mol. The fraction of sp³-hybridized carbons (Fsp3) is 0.571. The van der Waals surface area contributed by atoms with E-state index in [2.05, 4.69) is 28.7 Å². The van der Waals surface area contributed by atoms with Crippen LogP contribution in [0.25, 0.3) is 0 Å². The molecule has 0 unspecified atom stereocenters. The number of piperazine rings is 1. The maximum absolute atomic E-state index is 14.8. The van der Waals surface area contributed by atoms with E-state index in [1.165, 1.54) is 6.07 Å². The van der Waals surface area contributed by atoms with Crippen LogP contribution in [-0.2, 0) is 6.42 Å². The molecule has 1 fully saturated rings. The molecular formula is C21H31ClFN3O2. The van der Waals surface area contributed by atoms with Gasteiger partial charge in [0.2, 0.25) is 0 Å². The Morgan fingerprint density at radius 1 is 1.36 bits per heavy atom. The highest BCUT2D eigenvalue weighted by Gasteiger charge is 2.25. The lowest BCUT2D eigenvalue weighted by Crippen LogP contribution is -2.47. The van der Waals surface area contributed by atoms with E-state index in [4.69, 9.17) is 16.3 Å². The molecule has 7 heteroatoms. The Morgan fingerprint density at radius 2 is 2.00 bits per heavy atom. The van der Waals surface area contributed by atoms with Crippen molar-refractivity contribution in [1.82, 2.24) is 15.1 Å². The summed E-state index contributed by atoms with van der Waals surface area (Å²) >= 11 is 6.07. The molecule has 1 heterocycles. The van der Waals surface area contributed by atoms with E-state index < -0.39 is 11.7 Å². The van der Waals surface area contributed by atoms with E-state index in [-0.39, 0.29) is 22.4 Å². The molecule has 1 aromatic rings. The minimum Gasteiger partial charge on any atom is -0.490 e. The van der Waals surface area contributed by atoms with Gasteiger partial charge in [-0.1, -0.05) is 23.8 Å². The molecule has 1 aliphatic heterocycles. The second kappa shape index (κ2) is 10.2. The van der Waals surface area contributed by atoms with Crippen molar-refractivity contribution in [1.29, 1.82) is 0 Å². The van der Waals surface area contributed by atoms with Crippen LogP contribution >= 0.6 is 11.6 Å². The summed E-state index contributed by atoms with van der Waals surface area (Å²) in [6.45, 7) is 14.5. The number of ether oxygens (including phenoxy) is 1. The number of carbonyl (C=O) groups is 1. The molecule has 1 amide bonds. The fourth-order valence-corrected chi connectivity index (χ4v) is 3.40. The summed E-state index contributed by atoms with van der Waals surface area (Å²) in [6, 6.07) is 1.52. The molecule has 1 aromatic carbocycles. The topological polar surface area (TPSA) is 44.8 Å². The van der Waals surface area contributed by atoms with Crippen molar-refractivity contribution in [2.24, 2.45) is 0 Å². The SMILES string of the molecule is C=C(C)Cc1cc(Cl)c(F)c(C(=O)NCCN2CCN(C)CC2)c1OC(C)C. The van der Waals surface area contributed by atoms with Crippen LogP contribution in [0.1, 0.15) is 36.7 Å². The first kappa shape index (κ1) is 22.7. The zero-order chi connectivity index (χ0) is 20.8. The maximum Gasteiger partial charge on any atom is 0.258 e. The third-order valence-corrected chi connectivity index (χ3v) is 4.91. The zero-order valence-corrected chi connectivity index (χ0v) is 18.0. The number of amides is 1. The number of carbonyl (C=O) groups excluding carboxylic acids is 1. The van der Waals surface area contributed by atoms with Gasteiger partial charge in [-0.05, 0) is 40.3 Å². The van der Waals surface area contributed by atoms with Gasteiger partial charge in [0.15, 0.2) is 5.82 Å². The summed E-state index contributed by atoms with van der Waals surface area (Å²) in [6.07, 6.45) is 0.255. The van der Waals surface area contributed by atoms with Crippen molar-refractivity contribution < 1.29 is 13.9 Å². The lowest BCUT2D eigenvalue weighted by Gasteiger charge is -2.32. The normalized spacial score (nSPS) is 15.7. The van der Waals surface area contributed by atoms with Crippen molar-refractivity contribution in [2.75, 3.05) is 46.3 Å². The quantitative estimate of drug-likeness (QED) is 0.666. The summed E-state index contributed by atoms with van der Waals surface area (Å²) in [7, 11) is 2.10. The minimum absolute atomic E-state index is 0.0865. The van der Waals surface area contributed by atoms with Gasteiger partial charge in [0.25, 0.3) is 5.91 Å². The number of rotatable bonds is 8. The van der Waals surface area contributed by atoms with Crippen molar-refractivity contribution in [3.05, 3.63) is 40.2 Å². The smallest absolute Gasteiger partial charge is 0.258 e. The molecule has 5 nitrogen and oxygen atoms in total. The molecule has 28 heavy (non-hydrogen) atoms.